The standard InChI is InChI=1S/C21H21FN4OS/c1-15-12-24-19(13-23-15)21(27)26-9-7-25(8-10-26)14-18-5-6-20(28-18)16-3-2-4-17(22)11-16/h2-6,11-13H,7-10,14H2,1H3. The Morgan fingerprint density at radius 1 is 1.11 bits per heavy atom. The summed E-state index contributed by atoms with van der Waals surface area (Å²) in [7, 11) is 0. The van der Waals surface area contributed by atoms with Gasteiger partial charge in [0.25, 0.3) is 5.91 Å². The number of halogens is 1. The van der Waals surface area contributed by atoms with Gasteiger partial charge in [-0.1, -0.05) is 12.1 Å². The smallest absolute Gasteiger partial charge is 0.274 e. The molecule has 0 spiro atoms. The molecule has 0 unspecified atom stereocenters. The Morgan fingerprint density at radius 3 is 2.64 bits per heavy atom. The Balaban J connectivity index is 1.33. The number of nitrogens with zero attached hydrogens (tertiary/aromatic N) is 4. The minimum atomic E-state index is -0.216. The summed E-state index contributed by atoms with van der Waals surface area (Å²) in [6.45, 7) is 5.68. The van der Waals surface area contributed by atoms with Gasteiger partial charge < -0.3 is 4.90 Å². The number of aromatic nitrogens is 2. The van der Waals surface area contributed by atoms with Crippen molar-refractivity contribution in [3.05, 3.63) is 70.9 Å². The molecular formula is C21H21FN4OS. The van der Waals surface area contributed by atoms with Crippen molar-refractivity contribution in [2.75, 3.05) is 26.2 Å². The Hall–Kier alpha value is -2.64. The summed E-state index contributed by atoms with van der Waals surface area (Å²) in [5, 5.41) is 0. The first-order valence-corrected chi connectivity index (χ1v) is 10.0. The first-order chi connectivity index (χ1) is 13.6. The number of rotatable bonds is 4. The molecule has 0 bridgehead atoms. The van der Waals surface area contributed by atoms with E-state index in [1.807, 2.05) is 24.0 Å². The number of hydrogen-bond acceptors (Lipinski definition) is 5. The van der Waals surface area contributed by atoms with Crippen molar-refractivity contribution < 1.29 is 9.18 Å². The fourth-order valence-electron chi connectivity index (χ4n) is 3.25. The molecule has 0 aliphatic carbocycles. The van der Waals surface area contributed by atoms with Gasteiger partial charge >= 0.3 is 0 Å². The summed E-state index contributed by atoms with van der Waals surface area (Å²) in [5.41, 5.74) is 2.11. The Kier molecular flexibility index (Phi) is 5.45. The normalized spacial score (nSPS) is 15.0. The fourth-order valence-corrected chi connectivity index (χ4v) is 4.30. The maximum absolute atomic E-state index is 13.4. The fraction of sp³-hybridized carbons (Fsp3) is 0.286. The van der Waals surface area contributed by atoms with E-state index in [2.05, 4.69) is 20.9 Å². The summed E-state index contributed by atoms with van der Waals surface area (Å²) in [5.74, 6) is -0.275. The second-order valence-corrected chi connectivity index (χ2v) is 8.06. The van der Waals surface area contributed by atoms with Crippen molar-refractivity contribution in [1.82, 2.24) is 19.8 Å². The van der Waals surface area contributed by atoms with Crippen LogP contribution < -0.4 is 0 Å². The highest BCUT2D eigenvalue weighted by atomic mass is 32.1. The Labute approximate surface area is 167 Å². The van der Waals surface area contributed by atoms with E-state index >= 15 is 0 Å². The van der Waals surface area contributed by atoms with Crippen LogP contribution >= 0.6 is 11.3 Å². The number of piperazine rings is 1. The molecule has 1 aliphatic rings. The molecule has 0 N–H and O–H groups in total. The number of carbonyl (C=O) groups excluding carboxylic acids is 1. The highest BCUT2D eigenvalue weighted by Gasteiger charge is 2.23. The van der Waals surface area contributed by atoms with Gasteiger partial charge in [-0.25, -0.2) is 9.37 Å². The third-order valence-corrected chi connectivity index (χ3v) is 5.93. The summed E-state index contributed by atoms with van der Waals surface area (Å²) in [4.78, 5) is 27.4. The summed E-state index contributed by atoms with van der Waals surface area (Å²) in [6, 6.07) is 10.8. The summed E-state index contributed by atoms with van der Waals surface area (Å²) < 4.78 is 13.4. The lowest BCUT2D eigenvalue weighted by molar-refractivity contribution is 0.0623. The SMILES string of the molecule is Cc1cnc(C(=O)N2CCN(Cc3ccc(-c4cccc(F)c4)s3)CC2)cn1. The number of aryl methyl sites for hydroxylation is 1. The van der Waals surface area contributed by atoms with E-state index < -0.39 is 0 Å². The van der Waals surface area contributed by atoms with Gasteiger partial charge in [0, 0.05) is 48.7 Å². The van der Waals surface area contributed by atoms with Crippen LogP contribution in [0.3, 0.4) is 0 Å². The van der Waals surface area contributed by atoms with Gasteiger partial charge in [0.05, 0.1) is 11.9 Å². The first-order valence-electron chi connectivity index (χ1n) is 9.23. The van der Waals surface area contributed by atoms with E-state index in [-0.39, 0.29) is 11.7 Å². The zero-order valence-corrected chi connectivity index (χ0v) is 16.5. The molecule has 4 rings (SSSR count). The van der Waals surface area contributed by atoms with Crippen molar-refractivity contribution in [1.29, 1.82) is 0 Å². The average Bonchev–Trinajstić information content (AvgIpc) is 3.17. The van der Waals surface area contributed by atoms with Gasteiger partial charge in [-0.3, -0.25) is 14.7 Å². The van der Waals surface area contributed by atoms with E-state index in [4.69, 9.17) is 0 Å². The Morgan fingerprint density at radius 2 is 1.93 bits per heavy atom. The van der Waals surface area contributed by atoms with Gasteiger partial charge in [0.1, 0.15) is 11.5 Å². The highest BCUT2D eigenvalue weighted by Crippen LogP contribution is 2.29. The van der Waals surface area contributed by atoms with Gasteiger partial charge in [-0.15, -0.1) is 11.3 Å². The van der Waals surface area contributed by atoms with E-state index in [1.54, 1.807) is 35.9 Å². The zero-order valence-electron chi connectivity index (χ0n) is 15.6. The third-order valence-electron chi connectivity index (χ3n) is 4.81. The predicted molar refractivity (Wildman–Crippen MR) is 108 cm³/mol. The lowest BCUT2D eigenvalue weighted by atomic mass is 10.2. The van der Waals surface area contributed by atoms with Crippen molar-refractivity contribution in [2.24, 2.45) is 0 Å². The van der Waals surface area contributed by atoms with E-state index in [0.29, 0.717) is 18.8 Å². The first kappa shape index (κ1) is 18.7. The average molecular weight is 396 g/mol. The minimum absolute atomic E-state index is 0.0586. The van der Waals surface area contributed by atoms with Crippen LogP contribution in [0.15, 0.2) is 48.8 Å². The van der Waals surface area contributed by atoms with Gasteiger partial charge in [0.2, 0.25) is 0 Å². The maximum atomic E-state index is 13.4. The Bertz CT molecular complexity index is 965. The largest absolute Gasteiger partial charge is 0.335 e. The zero-order chi connectivity index (χ0) is 19.5. The quantitative estimate of drug-likeness (QED) is 0.676. The number of carbonyl (C=O) groups is 1. The molecule has 0 saturated carbocycles. The van der Waals surface area contributed by atoms with Crippen molar-refractivity contribution in [3.8, 4) is 10.4 Å². The van der Waals surface area contributed by atoms with Crippen LogP contribution in [-0.4, -0.2) is 51.9 Å². The van der Waals surface area contributed by atoms with Crippen LogP contribution in [0.2, 0.25) is 0 Å². The number of hydrogen-bond donors (Lipinski definition) is 0. The van der Waals surface area contributed by atoms with Gasteiger partial charge in [-0.2, -0.15) is 0 Å². The molecule has 0 atom stereocenters. The van der Waals surface area contributed by atoms with Crippen LogP contribution in [0.25, 0.3) is 10.4 Å². The van der Waals surface area contributed by atoms with Crippen LogP contribution in [0.5, 0.6) is 0 Å². The van der Waals surface area contributed by atoms with E-state index in [9.17, 15) is 9.18 Å². The minimum Gasteiger partial charge on any atom is -0.335 e. The monoisotopic (exact) mass is 396 g/mol. The molecule has 28 heavy (non-hydrogen) atoms. The molecule has 1 saturated heterocycles. The topological polar surface area (TPSA) is 49.3 Å². The second-order valence-electron chi connectivity index (χ2n) is 6.89. The predicted octanol–water partition coefficient (Wildman–Crippen LogP) is 3.61. The maximum Gasteiger partial charge on any atom is 0.274 e. The molecule has 1 aliphatic heterocycles. The molecule has 2 aromatic heterocycles. The molecule has 5 nitrogen and oxygen atoms in total. The molecule has 1 aromatic carbocycles. The molecule has 144 valence electrons. The molecule has 1 fully saturated rings. The second kappa shape index (κ2) is 8.16. The highest BCUT2D eigenvalue weighted by molar-refractivity contribution is 7.15. The van der Waals surface area contributed by atoms with Crippen LogP contribution in [0.4, 0.5) is 4.39 Å². The summed E-state index contributed by atoms with van der Waals surface area (Å²) in [6.07, 6.45) is 3.17. The summed E-state index contributed by atoms with van der Waals surface area (Å²) >= 11 is 1.69. The molecule has 0 radical (unpaired) electrons. The van der Waals surface area contributed by atoms with Gasteiger partial charge in [0.15, 0.2) is 0 Å². The van der Waals surface area contributed by atoms with Crippen molar-refractivity contribution in [3.63, 3.8) is 0 Å². The molecule has 7 heteroatoms. The molecule has 1 amide bonds. The van der Waals surface area contributed by atoms with Crippen LogP contribution in [0.1, 0.15) is 21.1 Å². The lowest BCUT2D eigenvalue weighted by Gasteiger charge is -2.34. The third kappa shape index (κ3) is 4.26. The molecule has 3 heterocycles. The van der Waals surface area contributed by atoms with Crippen LogP contribution in [-0.2, 0) is 6.54 Å². The lowest BCUT2D eigenvalue weighted by Crippen LogP contribution is -2.48. The van der Waals surface area contributed by atoms with Crippen LogP contribution in [0, 0.1) is 12.7 Å². The number of benzene rings is 1. The molecule has 3 aromatic rings. The van der Waals surface area contributed by atoms with Gasteiger partial charge in [-0.05, 0) is 36.8 Å². The van der Waals surface area contributed by atoms with E-state index in [0.717, 1.165) is 35.8 Å². The molecular weight excluding hydrogens is 375 g/mol. The van der Waals surface area contributed by atoms with Crippen molar-refractivity contribution in [2.45, 2.75) is 13.5 Å². The van der Waals surface area contributed by atoms with Crippen molar-refractivity contribution >= 4 is 17.2 Å². The van der Waals surface area contributed by atoms with E-state index in [1.165, 1.54) is 10.9 Å². The number of amides is 1. The number of thiophene rings is 1.